The zero-order chi connectivity index (χ0) is 13.8. The van der Waals surface area contributed by atoms with Crippen molar-refractivity contribution in [2.24, 2.45) is 5.73 Å². The first-order valence-corrected chi connectivity index (χ1v) is 7.80. The number of rotatable bonds is 7. The summed E-state index contributed by atoms with van der Waals surface area (Å²) >= 11 is 6.15. The molecule has 0 radical (unpaired) electrons. The van der Waals surface area contributed by atoms with E-state index in [0.29, 0.717) is 0 Å². The highest BCUT2D eigenvalue weighted by Crippen LogP contribution is 2.35. The number of hydrogen-bond donors (Lipinski definition) is 1. The van der Waals surface area contributed by atoms with Crippen LogP contribution in [0.4, 0.5) is 5.69 Å². The molecule has 2 rings (SSSR count). The van der Waals surface area contributed by atoms with Crippen LogP contribution in [0.3, 0.4) is 0 Å². The molecule has 1 atom stereocenters. The van der Waals surface area contributed by atoms with Crippen molar-refractivity contribution in [2.45, 2.75) is 58.0 Å². The Bertz CT molecular complexity index is 413. The topological polar surface area (TPSA) is 29.3 Å². The molecule has 1 unspecified atom stereocenters. The third-order valence-electron chi connectivity index (χ3n) is 3.63. The van der Waals surface area contributed by atoms with Gasteiger partial charge in [0.05, 0.1) is 0 Å². The Morgan fingerprint density at radius 1 is 1.42 bits per heavy atom. The molecule has 0 amide bonds. The number of unbranched alkanes of at least 4 members (excludes halogenated alkanes) is 1. The first kappa shape index (κ1) is 14.7. The molecule has 0 aliphatic heterocycles. The highest BCUT2D eigenvalue weighted by molar-refractivity contribution is 6.30. The number of hydrogen-bond acceptors (Lipinski definition) is 2. The van der Waals surface area contributed by atoms with Crippen molar-refractivity contribution in [1.29, 1.82) is 0 Å². The van der Waals surface area contributed by atoms with Crippen LogP contribution in [0.2, 0.25) is 5.02 Å². The molecule has 1 aromatic rings. The van der Waals surface area contributed by atoms with E-state index in [-0.39, 0.29) is 6.04 Å². The minimum absolute atomic E-state index is 0.171. The molecule has 1 fully saturated rings. The van der Waals surface area contributed by atoms with Gasteiger partial charge in [0.1, 0.15) is 0 Å². The predicted molar refractivity (Wildman–Crippen MR) is 84.1 cm³/mol. The van der Waals surface area contributed by atoms with Gasteiger partial charge in [0, 0.05) is 29.3 Å². The maximum atomic E-state index is 6.15. The maximum absolute atomic E-state index is 6.15. The van der Waals surface area contributed by atoms with Gasteiger partial charge in [0.15, 0.2) is 0 Å². The second-order valence-corrected chi connectivity index (χ2v) is 6.17. The minimum Gasteiger partial charge on any atom is -0.368 e. The molecule has 1 aliphatic carbocycles. The zero-order valence-electron chi connectivity index (χ0n) is 12.0. The van der Waals surface area contributed by atoms with E-state index in [0.717, 1.165) is 24.0 Å². The van der Waals surface area contributed by atoms with E-state index in [1.54, 1.807) is 0 Å². The highest BCUT2D eigenvalue weighted by Gasteiger charge is 2.30. The summed E-state index contributed by atoms with van der Waals surface area (Å²) in [5, 5.41) is 0.811. The molecule has 0 aromatic heterocycles. The van der Waals surface area contributed by atoms with Crippen molar-refractivity contribution in [1.82, 2.24) is 0 Å². The number of nitrogens with zero attached hydrogens (tertiary/aromatic N) is 1. The van der Waals surface area contributed by atoms with E-state index in [1.165, 1.54) is 36.9 Å². The van der Waals surface area contributed by atoms with Gasteiger partial charge in [-0.2, -0.15) is 0 Å². The van der Waals surface area contributed by atoms with Crippen LogP contribution >= 0.6 is 11.6 Å². The average Bonchev–Trinajstić information content (AvgIpc) is 3.15. The largest absolute Gasteiger partial charge is 0.368 e. The Morgan fingerprint density at radius 3 is 2.74 bits per heavy atom. The van der Waals surface area contributed by atoms with Crippen LogP contribution in [-0.4, -0.2) is 18.6 Å². The van der Waals surface area contributed by atoms with Crippen LogP contribution in [0.1, 0.15) is 45.1 Å². The lowest BCUT2D eigenvalue weighted by Gasteiger charge is -2.28. The summed E-state index contributed by atoms with van der Waals surface area (Å²) < 4.78 is 0. The van der Waals surface area contributed by atoms with Crippen molar-refractivity contribution < 1.29 is 0 Å². The van der Waals surface area contributed by atoms with Gasteiger partial charge in [-0.05, 0) is 56.4 Å². The van der Waals surface area contributed by atoms with Crippen LogP contribution < -0.4 is 10.6 Å². The van der Waals surface area contributed by atoms with E-state index in [9.17, 15) is 0 Å². The van der Waals surface area contributed by atoms with Crippen molar-refractivity contribution in [2.75, 3.05) is 11.4 Å². The van der Waals surface area contributed by atoms with E-state index < -0.39 is 0 Å². The van der Waals surface area contributed by atoms with Gasteiger partial charge < -0.3 is 10.6 Å². The molecular weight excluding hydrogens is 256 g/mol. The Morgan fingerprint density at radius 2 is 2.16 bits per heavy atom. The summed E-state index contributed by atoms with van der Waals surface area (Å²) in [6.45, 7) is 5.45. The predicted octanol–water partition coefficient (Wildman–Crippen LogP) is 4.00. The third kappa shape index (κ3) is 4.12. The third-order valence-corrected chi connectivity index (χ3v) is 3.87. The van der Waals surface area contributed by atoms with Gasteiger partial charge in [-0.3, -0.25) is 0 Å². The Balaban J connectivity index is 2.24. The summed E-state index contributed by atoms with van der Waals surface area (Å²) in [6.07, 6.45) is 6.02. The second kappa shape index (κ2) is 6.62. The van der Waals surface area contributed by atoms with E-state index >= 15 is 0 Å². The molecule has 0 saturated heterocycles. The number of anilines is 1. The minimum atomic E-state index is 0.171. The van der Waals surface area contributed by atoms with Crippen molar-refractivity contribution >= 4 is 17.3 Å². The van der Waals surface area contributed by atoms with Gasteiger partial charge in [-0.15, -0.1) is 0 Å². The fourth-order valence-corrected chi connectivity index (χ4v) is 2.75. The zero-order valence-corrected chi connectivity index (χ0v) is 12.8. The van der Waals surface area contributed by atoms with Gasteiger partial charge in [-0.1, -0.05) is 24.9 Å². The molecular formula is C16H25ClN2. The summed E-state index contributed by atoms with van der Waals surface area (Å²) in [7, 11) is 0. The first-order valence-electron chi connectivity index (χ1n) is 7.42. The van der Waals surface area contributed by atoms with Crippen LogP contribution in [0, 0.1) is 0 Å². The first-order chi connectivity index (χ1) is 9.11. The van der Waals surface area contributed by atoms with Crippen LogP contribution in [0.15, 0.2) is 18.2 Å². The summed E-state index contributed by atoms with van der Waals surface area (Å²) in [6, 6.07) is 7.17. The van der Waals surface area contributed by atoms with E-state index in [2.05, 4.69) is 30.9 Å². The molecule has 3 heteroatoms. The van der Waals surface area contributed by atoms with Gasteiger partial charge in [-0.25, -0.2) is 0 Å². The SMILES string of the molecule is CCCCN(c1ccc(Cl)cc1CC(C)N)C1CC1. The smallest absolute Gasteiger partial charge is 0.0410 e. The fourth-order valence-electron chi connectivity index (χ4n) is 2.56. The fraction of sp³-hybridized carbons (Fsp3) is 0.625. The standard InChI is InChI=1S/C16H25ClN2/c1-3-4-9-19(15-6-7-15)16-8-5-14(17)11-13(16)10-12(2)18/h5,8,11-12,15H,3-4,6-7,9-10,18H2,1-2H3. The monoisotopic (exact) mass is 280 g/mol. The Kier molecular flexibility index (Phi) is 5.12. The molecule has 106 valence electrons. The highest BCUT2D eigenvalue weighted by atomic mass is 35.5. The number of benzene rings is 1. The van der Waals surface area contributed by atoms with E-state index in [4.69, 9.17) is 17.3 Å². The van der Waals surface area contributed by atoms with Gasteiger partial charge in [0.2, 0.25) is 0 Å². The Hall–Kier alpha value is -0.730. The second-order valence-electron chi connectivity index (χ2n) is 5.73. The number of halogens is 1. The molecule has 19 heavy (non-hydrogen) atoms. The van der Waals surface area contributed by atoms with Crippen LogP contribution in [0.25, 0.3) is 0 Å². The normalized spacial score (nSPS) is 16.4. The molecule has 1 saturated carbocycles. The van der Waals surface area contributed by atoms with Crippen LogP contribution in [0.5, 0.6) is 0 Å². The average molecular weight is 281 g/mol. The van der Waals surface area contributed by atoms with Crippen molar-refractivity contribution in [3.8, 4) is 0 Å². The lowest BCUT2D eigenvalue weighted by atomic mass is 10.0. The molecule has 1 aliphatic rings. The van der Waals surface area contributed by atoms with Crippen LogP contribution in [-0.2, 0) is 6.42 Å². The lowest BCUT2D eigenvalue weighted by Crippen LogP contribution is -2.29. The Labute approximate surface area is 121 Å². The molecule has 2 N–H and O–H groups in total. The summed E-state index contributed by atoms with van der Waals surface area (Å²) in [4.78, 5) is 2.57. The molecule has 2 nitrogen and oxygen atoms in total. The van der Waals surface area contributed by atoms with E-state index in [1.807, 2.05) is 6.07 Å². The summed E-state index contributed by atoms with van der Waals surface area (Å²) in [5.41, 5.74) is 8.62. The summed E-state index contributed by atoms with van der Waals surface area (Å²) in [5.74, 6) is 0. The maximum Gasteiger partial charge on any atom is 0.0410 e. The molecule has 0 spiro atoms. The molecule has 1 aromatic carbocycles. The van der Waals surface area contributed by atoms with Crippen molar-refractivity contribution in [3.05, 3.63) is 28.8 Å². The molecule has 0 heterocycles. The molecule has 0 bridgehead atoms. The quantitative estimate of drug-likeness (QED) is 0.818. The van der Waals surface area contributed by atoms with Gasteiger partial charge in [0.25, 0.3) is 0 Å². The van der Waals surface area contributed by atoms with Gasteiger partial charge >= 0.3 is 0 Å². The lowest BCUT2D eigenvalue weighted by molar-refractivity contribution is 0.697. The number of nitrogens with two attached hydrogens (primary N) is 1. The van der Waals surface area contributed by atoms with Crippen molar-refractivity contribution in [3.63, 3.8) is 0 Å².